The van der Waals surface area contributed by atoms with Crippen LogP contribution >= 0.6 is 0 Å². The third-order valence-corrected chi connectivity index (χ3v) is 4.40. The van der Waals surface area contributed by atoms with Crippen LogP contribution < -0.4 is 0 Å². The van der Waals surface area contributed by atoms with E-state index < -0.39 is 0 Å². The van der Waals surface area contributed by atoms with Gasteiger partial charge in [0.2, 0.25) is 0 Å². The Balaban J connectivity index is 1.96. The molecule has 0 heterocycles. The molecular weight excluding hydrogens is 244 g/mol. The molecule has 0 N–H and O–H groups in total. The van der Waals surface area contributed by atoms with Crippen molar-refractivity contribution in [1.82, 2.24) is 0 Å². The first kappa shape index (κ1) is 13.1. The van der Waals surface area contributed by atoms with Crippen molar-refractivity contribution in [1.29, 1.82) is 0 Å². The van der Waals surface area contributed by atoms with Gasteiger partial charge in [0.25, 0.3) is 0 Å². The smallest absolute Gasteiger partial charge is 0.170 e. The fraction of sp³-hybridized carbons (Fsp3) is 0.316. The number of ketones is 1. The van der Waals surface area contributed by atoms with E-state index >= 15 is 0 Å². The van der Waals surface area contributed by atoms with Crippen molar-refractivity contribution in [2.75, 3.05) is 0 Å². The number of fused-ring (bicyclic) bond motifs is 1. The van der Waals surface area contributed by atoms with Crippen LogP contribution in [0.2, 0.25) is 0 Å². The molecule has 1 heteroatoms. The third-order valence-electron chi connectivity index (χ3n) is 4.40. The molecule has 0 bridgehead atoms. The SMILES string of the molecule is CCc1ccc(CC)c(C(=O)C2Cc3ccccc32)c1. The molecule has 1 aliphatic rings. The molecule has 0 saturated carbocycles. The molecule has 2 aromatic rings. The van der Waals surface area contributed by atoms with E-state index in [1.165, 1.54) is 22.3 Å². The van der Waals surface area contributed by atoms with E-state index in [2.05, 4.69) is 50.2 Å². The second kappa shape index (κ2) is 5.24. The Kier molecular flexibility index (Phi) is 3.43. The van der Waals surface area contributed by atoms with Crippen LogP contribution in [-0.4, -0.2) is 5.78 Å². The maximum atomic E-state index is 12.8. The van der Waals surface area contributed by atoms with Crippen molar-refractivity contribution in [3.05, 3.63) is 70.3 Å². The average Bonchev–Trinajstić information content (AvgIpc) is 2.47. The second-order valence-corrected chi connectivity index (χ2v) is 5.52. The Morgan fingerprint density at radius 2 is 1.90 bits per heavy atom. The number of carbonyl (C=O) groups is 1. The van der Waals surface area contributed by atoms with E-state index in [1.807, 2.05) is 6.07 Å². The zero-order valence-corrected chi connectivity index (χ0v) is 12.1. The molecule has 0 saturated heterocycles. The molecule has 102 valence electrons. The van der Waals surface area contributed by atoms with Crippen LogP contribution in [0.1, 0.15) is 52.4 Å². The van der Waals surface area contributed by atoms with Gasteiger partial charge in [-0.05, 0) is 47.6 Å². The van der Waals surface area contributed by atoms with Crippen molar-refractivity contribution < 1.29 is 4.79 Å². The zero-order valence-electron chi connectivity index (χ0n) is 12.1. The first-order valence-electron chi connectivity index (χ1n) is 7.48. The number of carbonyl (C=O) groups excluding carboxylic acids is 1. The van der Waals surface area contributed by atoms with E-state index in [9.17, 15) is 4.79 Å². The normalized spacial score (nSPS) is 16.4. The Labute approximate surface area is 120 Å². The van der Waals surface area contributed by atoms with Gasteiger partial charge < -0.3 is 0 Å². The van der Waals surface area contributed by atoms with Crippen LogP contribution in [0, 0.1) is 0 Å². The van der Waals surface area contributed by atoms with Gasteiger partial charge >= 0.3 is 0 Å². The molecule has 3 rings (SSSR count). The molecular formula is C19H20O. The summed E-state index contributed by atoms with van der Waals surface area (Å²) in [5.41, 5.74) is 5.91. The standard InChI is InChI=1S/C19H20O/c1-3-13-9-10-14(4-2)17(11-13)19(20)18-12-15-7-5-6-8-16(15)18/h5-11,18H,3-4,12H2,1-2H3. The largest absolute Gasteiger partial charge is 0.293 e. The van der Waals surface area contributed by atoms with Crippen molar-refractivity contribution >= 4 is 5.78 Å². The predicted molar refractivity (Wildman–Crippen MR) is 82.4 cm³/mol. The molecule has 0 amide bonds. The van der Waals surface area contributed by atoms with Crippen molar-refractivity contribution in [2.45, 2.75) is 39.0 Å². The highest BCUT2D eigenvalue weighted by Gasteiger charge is 2.33. The molecule has 1 nitrogen and oxygen atoms in total. The minimum atomic E-state index is 0.0728. The van der Waals surface area contributed by atoms with Gasteiger partial charge in [0, 0.05) is 5.56 Å². The summed E-state index contributed by atoms with van der Waals surface area (Å²) in [6.45, 7) is 4.25. The molecule has 1 unspecified atom stereocenters. The molecule has 0 radical (unpaired) electrons. The number of Topliss-reactive ketones (excluding diaryl/α,β-unsaturated/α-hetero) is 1. The summed E-state index contributed by atoms with van der Waals surface area (Å²) in [7, 11) is 0. The molecule has 0 aliphatic heterocycles. The average molecular weight is 264 g/mol. The molecule has 0 fully saturated rings. The van der Waals surface area contributed by atoms with Crippen LogP contribution in [0.15, 0.2) is 42.5 Å². The van der Waals surface area contributed by atoms with E-state index in [4.69, 9.17) is 0 Å². The van der Waals surface area contributed by atoms with Crippen molar-refractivity contribution in [2.24, 2.45) is 0 Å². The number of benzene rings is 2. The summed E-state index contributed by atoms with van der Waals surface area (Å²) in [4.78, 5) is 12.8. The maximum absolute atomic E-state index is 12.8. The summed E-state index contributed by atoms with van der Waals surface area (Å²) < 4.78 is 0. The van der Waals surface area contributed by atoms with Gasteiger partial charge in [0.15, 0.2) is 5.78 Å². The van der Waals surface area contributed by atoms with Gasteiger partial charge in [-0.15, -0.1) is 0 Å². The fourth-order valence-electron chi connectivity index (χ4n) is 3.06. The highest BCUT2D eigenvalue weighted by atomic mass is 16.1. The number of hydrogen-bond donors (Lipinski definition) is 0. The lowest BCUT2D eigenvalue weighted by Crippen LogP contribution is -2.26. The van der Waals surface area contributed by atoms with Gasteiger partial charge in [-0.25, -0.2) is 0 Å². The Hall–Kier alpha value is -1.89. The Morgan fingerprint density at radius 3 is 2.60 bits per heavy atom. The van der Waals surface area contributed by atoms with Gasteiger partial charge in [0.1, 0.15) is 0 Å². The van der Waals surface area contributed by atoms with Crippen LogP contribution in [0.25, 0.3) is 0 Å². The van der Waals surface area contributed by atoms with Crippen LogP contribution in [0.3, 0.4) is 0 Å². The van der Waals surface area contributed by atoms with Crippen molar-refractivity contribution in [3.63, 3.8) is 0 Å². The summed E-state index contributed by atoms with van der Waals surface area (Å²) in [6.07, 6.45) is 2.79. The monoisotopic (exact) mass is 264 g/mol. The second-order valence-electron chi connectivity index (χ2n) is 5.52. The highest BCUT2D eigenvalue weighted by molar-refractivity contribution is 6.04. The molecule has 1 aliphatic carbocycles. The number of hydrogen-bond acceptors (Lipinski definition) is 1. The van der Waals surface area contributed by atoms with Gasteiger partial charge in [-0.3, -0.25) is 4.79 Å². The lowest BCUT2D eigenvalue weighted by molar-refractivity contribution is 0.0948. The van der Waals surface area contributed by atoms with E-state index in [-0.39, 0.29) is 5.92 Å². The summed E-state index contributed by atoms with van der Waals surface area (Å²) in [5.74, 6) is 0.374. The van der Waals surface area contributed by atoms with Crippen LogP contribution in [0.5, 0.6) is 0 Å². The predicted octanol–water partition coefficient (Wildman–Crippen LogP) is 4.33. The number of aryl methyl sites for hydroxylation is 2. The highest BCUT2D eigenvalue weighted by Crippen LogP contribution is 2.37. The van der Waals surface area contributed by atoms with E-state index in [0.717, 1.165) is 24.8 Å². The molecule has 20 heavy (non-hydrogen) atoms. The zero-order chi connectivity index (χ0) is 14.1. The third kappa shape index (κ3) is 2.07. The van der Waals surface area contributed by atoms with Crippen LogP contribution in [-0.2, 0) is 19.3 Å². The minimum Gasteiger partial charge on any atom is -0.293 e. The lowest BCUT2D eigenvalue weighted by atomic mass is 9.73. The van der Waals surface area contributed by atoms with Gasteiger partial charge in [0.05, 0.1) is 5.92 Å². The first-order valence-corrected chi connectivity index (χ1v) is 7.48. The van der Waals surface area contributed by atoms with Crippen LogP contribution in [0.4, 0.5) is 0 Å². The number of rotatable bonds is 4. The minimum absolute atomic E-state index is 0.0728. The topological polar surface area (TPSA) is 17.1 Å². The quantitative estimate of drug-likeness (QED) is 0.751. The van der Waals surface area contributed by atoms with Gasteiger partial charge in [-0.1, -0.05) is 50.2 Å². The van der Waals surface area contributed by atoms with E-state index in [0.29, 0.717) is 5.78 Å². The Morgan fingerprint density at radius 1 is 1.10 bits per heavy atom. The first-order chi connectivity index (χ1) is 9.74. The fourth-order valence-corrected chi connectivity index (χ4v) is 3.06. The Bertz CT molecular complexity index is 655. The molecule has 0 spiro atoms. The summed E-state index contributed by atoms with van der Waals surface area (Å²) >= 11 is 0. The summed E-state index contributed by atoms with van der Waals surface area (Å²) in [5, 5.41) is 0. The molecule has 0 aromatic heterocycles. The maximum Gasteiger partial charge on any atom is 0.170 e. The molecule has 2 aromatic carbocycles. The van der Waals surface area contributed by atoms with Crippen molar-refractivity contribution in [3.8, 4) is 0 Å². The van der Waals surface area contributed by atoms with Gasteiger partial charge in [-0.2, -0.15) is 0 Å². The lowest BCUT2D eigenvalue weighted by Gasteiger charge is -2.29. The van der Waals surface area contributed by atoms with E-state index in [1.54, 1.807) is 0 Å². The molecule has 1 atom stereocenters. The summed E-state index contributed by atoms with van der Waals surface area (Å²) in [6, 6.07) is 14.7.